The summed E-state index contributed by atoms with van der Waals surface area (Å²) in [6.45, 7) is 0. The predicted molar refractivity (Wildman–Crippen MR) is 80.3 cm³/mol. The summed E-state index contributed by atoms with van der Waals surface area (Å²) in [5, 5.41) is 2.33. The predicted octanol–water partition coefficient (Wildman–Crippen LogP) is 4.10. The molecule has 3 aromatic carbocycles. The van der Waals surface area contributed by atoms with Gasteiger partial charge in [0.15, 0.2) is 0 Å². The van der Waals surface area contributed by atoms with Gasteiger partial charge in [-0.3, -0.25) is 0 Å². The minimum atomic E-state index is 0.761. The minimum absolute atomic E-state index is 0.761. The molecule has 0 saturated heterocycles. The zero-order valence-electron chi connectivity index (χ0n) is 10.8. The molecular formula is C17H15NO. The lowest BCUT2D eigenvalue weighted by Gasteiger charge is -2.14. The Morgan fingerprint density at radius 3 is 2.37 bits per heavy atom. The third-order valence-electron chi connectivity index (χ3n) is 3.34. The maximum atomic E-state index is 6.11. The number of ether oxygens (including phenoxy) is 1. The second-order valence-electron chi connectivity index (χ2n) is 4.45. The summed E-state index contributed by atoms with van der Waals surface area (Å²) in [6.07, 6.45) is 0. The molecule has 0 radical (unpaired) electrons. The lowest BCUT2D eigenvalue weighted by atomic mass is 9.96. The van der Waals surface area contributed by atoms with Crippen molar-refractivity contribution in [2.45, 2.75) is 0 Å². The van der Waals surface area contributed by atoms with E-state index in [9.17, 15) is 0 Å². The minimum Gasteiger partial charge on any atom is -0.496 e. The van der Waals surface area contributed by atoms with E-state index >= 15 is 0 Å². The van der Waals surface area contributed by atoms with Gasteiger partial charge in [0.25, 0.3) is 0 Å². The normalized spacial score (nSPS) is 10.6. The molecule has 19 heavy (non-hydrogen) atoms. The fraction of sp³-hybridized carbons (Fsp3) is 0.0588. The first kappa shape index (κ1) is 11.6. The van der Waals surface area contributed by atoms with E-state index in [1.165, 1.54) is 5.39 Å². The number of nitrogens with two attached hydrogens (primary N) is 1. The van der Waals surface area contributed by atoms with E-state index in [0.29, 0.717) is 0 Å². The van der Waals surface area contributed by atoms with Crippen LogP contribution >= 0.6 is 0 Å². The Morgan fingerprint density at radius 2 is 1.58 bits per heavy atom. The van der Waals surface area contributed by atoms with Crippen LogP contribution in [0.3, 0.4) is 0 Å². The molecule has 0 aliphatic heterocycles. The Bertz CT molecular complexity index is 734. The van der Waals surface area contributed by atoms with Crippen molar-refractivity contribution in [3.63, 3.8) is 0 Å². The zero-order chi connectivity index (χ0) is 13.2. The highest BCUT2D eigenvalue weighted by atomic mass is 16.5. The Kier molecular flexibility index (Phi) is 2.84. The molecule has 2 nitrogen and oxygen atoms in total. The van der Waals surface area contributed by atoms with E-state index in [0.717, 1.165) is 28.0 Å². The van der Waals surface area contributed by atoms with Crippen molar-refractivity contribution in [3.05, 3.63) is 60.7 Å². The van der Waals surface area contributed by atoms with Crippen molar-refractivity contribution in [2.75, 3.05) is 12.8 Å². The van der Waals surface area contributed by atoms with E-state index in [2.05, 4.69) is 18.2 Å². The summed E-state index contributed by atoms with van der Waals surface area (Å²) in [5.41, 5.74) is 8.94. The van der Waals surface area contributed by atoms with Gasteiger partial charge in [-0.05, 0) is 22.9 Å². The van der Waals surface area contributed by atoms with Gasteiger partial charge >= 0.3 is 0 Å². The SMILES string of the molecule is COc1ccc2ccccc2c1-c1ccccc1N. The van der Waals surface area contributed by atoms with Crippen LogP contribution in [0.25, 0.3) is 21.9 Å². The summed E-state index contributed by atoms with van der Waals surface area (Å²) in [7, 11) is 1.69. The van der Waals surface area contributed by atoms with Gasteiger partial charge in [0.05, 0.1) is 7.11 Å². The number of benzene rings is 3. The van der Waals surface area contributed by atoms with Gasteiger partial charge in [-0.2, -0.15) is 0 Å². The summed E-state index contributed by atoms with van der Waals surface area (Å²) < 4.78 is 5.51. The largest absolute Gasteiger partial charge is 0.496 e. The smallest absolute Gasteiger partial charge is 0.127 e. The van der Waals surface area contributed by atoms with Crippen LogP contribution in [-0.4, -0.2) is 7.11 Å². The molecule has 0 atom stereocenters. The first-order valence-electron chi connectivity index (χ1n) is 6.22. The fourth-order valence-electron chi connectivity index (χ4n) is 2.42. The molecule has 3 aromatic rings. The van der Waals surface area contributed by atoms with E-state index in [4.69, 9.17) is 10.5 Å². The van der Waals surface area contributed by atoms with Gasteiger partial charge in [-0.15, -0.1) is 0 Å². The van der Waals surface area contributed by atoms with Crippen LogP contribution in [0, 0.1) is 0 Å². The van der Waals surface area contributed by atoms with Crippen molar-refractivity contribution in [3.8, 4) is 16.9 Å². The van der Waals surface area contributed by atoms with Crippen molar-refractivity contribution in [1.82, 2.24) is 0 Å². The number of hydrogen-bond donors (Lipinski definition) is 1. The molecule has 0 heterocycles. The van der Waals surface area contributed by atoms with Crippen LogP contribution in [0.5, 0.6) is 5.75 Å². The van der Waals surface area contributed by atoms with Crippen LogP contribution in [-0.2, 0) is 0 Å². The van der Waals surface area contributed by atoms with Gasteiger partial charge in [0.1, 0.15) is 5.75 Å². The summed E-state index contributed by atoms with van der Waals surface area (Å²) >= 11 is 0. The quantitative estimate of drug-likeness (QED) is 0.694. The summed E-state index contributed by atoms with van der Waals surface area (Å²) in [6, 6.07) is 20.2. The van der Waals surface area contributed by atoms with Gasteiger partial charge in [-0.25, -0.2) is 0 Å². The first-order chi connectivity index (χ1) is 9.31. The lowest BCUT2D eigenvalue weighted by molar-refractivity contribution is 0.417. The second kappa shape index (κ2) is 4.65. The molecular weight excluding hydrogens is 234 g/mol. The Morgan fingerprint density at radius 1 is 0.842 bits per heavy atom. The van der Waals surface area contributed by atoms with Crippen LogP contribution in [0.4, 0.5) is 5.69 Å². The number of para-hydroxylation sites is 1. The second-order valence-corrected chi connectivity index (χ2v) is 4.45. The molecule has 0 spiro atoms. The van der Waals surface area contributed by atoms with Crippen LogP contribution in [0.1, 0.15) is 0 Å². The number of anilines is 1. The molecule has 94 valence electrons. The molecule has 0 saturated carbocycles. The van der Waals surface area contributed by atoms with Gasteiger partial charge in [0, 0.05) is 16.8 Å². The first-order valence-corrected chi connectivity index (χ1v) is 6.22. The third-order valence-corrected chi connectivity index (χ3v) is 3.34. The number of hydrogen-bond acceptors (Lipinski definition) is 2. The molecule has 0 fully saturated rings. The third kappa shape index (κ3) is 1.91. The van der Waals surface area contributed by atoms with E-state index in [1.807, 2.05) is 42.5 Å². The zero-order valence-corrected chi connectivity index (χ0v) is 10.8. The van der Waals surface area contributed by atoms with E-state index in [1.54, 1.807) is 7.11 Å². The number of fused-ring (bicyclic) bond motifs is 1. The maximum Gasteiger partial charge on any atom is 0.127 e. The number of nitrogen functional groups attached to an aromatic ring is 1. The standard InChI is InChI=1S/C17H15NO/c1-19-16-11-10-12-6-2-3-7-13(12)17(16)14-8-4-5-9-15(14)18/h2-11H,18H2,1H3. The number of methoxy groups -OCH3 is 1. The average molecular weight is 249 g/mol. The highest BCUT2D eigenvalue weighted by molar-refractivity contribution is 6.02. The molecule has 2 N–H and O–H groups in total. The van der Waals surface area contributed by atoms with Crippen molar-refractivity contribution >= 4 is 16.5 Å². The summed E-state index contributed by atoms with van der Waals surface area (Å²) in [4.78, 5) is 0. The number of rotatable bonds is 2. The highest BCUT2D eigenvalue weighted by Crippen LogP contribution is 2.39. The van der Waals surface area contributed by atoms with Crippen LogP contribution in [0.15, 0.2) is 60.7 Å². The Labute approximate surface area is 112 Å². The summed E-state index contributed by atoms with van der Waals surface area (Å²) in [5.74, 6) is 0.844. The van der Waals surface area contributed by atoms with Crippen molar-refractivity contribution in [1.29, 1.82) is 0 Å². The molecule has 0 bridgehead atoms. The van der Waals surface area contributed by atoms with Crippen molar-refractivity contribution < 1.29 is 4.74 Å². The van der Waals surface area contributed by atoms with Gasteiger partial charge < -0.3 is 10.5 Å². The molecule has 0 amide bonds. The van der Waals surface area contributed by atoms with Gasteiger partial charge in [0.2, 0.25) is 0 Å². The fourth-order valence-corrected chi connectivity index (χ4v) is 2.42. The Balaban J connectivity index is 2.41. The van der Waals surface area contributed by atoms with Gasteiger partial charge in [-0.1, -0.05) is 48.5 Å². The monoisotopic (exact) mass is 249 g/mol. The van der Waals surface area contributed by atoms with E-state index < -0.39 is 0 Å². The highest BCUT2D eigenvalue weighted by Gasteiger charge is 2.12. The van der Waals surface area contributed by atoms with Crippen LogP contribution < -0.4 is 10.5 Å². The van der Waals surface area contributed by atoms with Crippen LogP contribution in [0.2, 0.25) is 0 Å². The topological polar surface area (TPSA) is 35.2 Å². The van der Waals surface area contributed by atoms with Crippen molar-refractivity contribution in [2.24, 2.45) is 0 Å². The molecule has 3 rings (SSSR count). The molecule has 0 aromatic heterocycles. The Hall–Kier alpha value is -2.48. The molecule has 0 aliphatic rings. The maximum absolute atomic E-state index is 6.11. The lowest BCUT2D eigenvalue weighted by Crippen LogP contribution is -1.94. The molecule has 0 aliphatic carbocycles. The average Bonchev–Trinajstić information content (AvgIpc) is 2.47. The molecule has 2 heteroatoms. The molecule has 0 unspecified atom stereocenters. The van der Waals surface area contributed by atoms with E-state index in [-0.39, 0.29) is 0 Å².